The summed E-state index contributed by atoms with van der Waals surface area (Å²) in [6.45, 7) is 2.03. The molecule has 0 bridgehead atoms. The van der Waals surface area contributed by atoms with Gasteiger partial charge in [0.25, 0.3) is 10.0 Å². The van der Waals surface area contributed by atoms with E-state index in [1.54, 1.807) is 42.5 Å². The van der Waals surface area contributed by atoms with E-state index in [0.717, 1.165) is 5.56 Å². The van der Waals surface area contributed by atoms with Gasteiger partial charge in [0.2, 0.25) is 5.91 Å². The van der Waals surface area contributed by atoms with Crippen LogP contribution in [0, 0.1) is 0 Å². The number of nitrogens with one attached hydrogen (secondary N) is 2. The summed E-state index contributed by atoms with van der Waals surface area (Å²) in [5, 5.41) is 2.72. The fourth-order valence-corrected chi connectivity index (χ4v) is 3.02. The van der Waals surface area contributed by atoms with Gasteiger partial charge in [-0.1, -0.05) is 30.3 Å². The molecule has 2 N–H and O–H groups in total. The van der Waals surface area contributed by atoms with Crippen molar-refractivity contribution in [3.63, 3.8) is 0 Å². The number of hydrogen-bond acceptors (Lipinski definition) is 3. The Morgan fingerprint density at radius 1 is 1.00 bits per heavy atom. The van der Waals surface area contributed by atoms with Gasteiger partial charge in [0.15, 0.2) is 0 Å². The molecule has 0 saturated heterocycles. The second-order valence-electron chi connectivity index (χ2n) is 4.85. The third-order valence-electron chi connectivity index (χ3n) is 3.05. The molecule has 0 heterocycles. The maximum atomic E-state index is 12.2. The summed E-state index contributed by atoms with van der Waals surface area (Å²) in [7, 11) is -3.56. The molecule has 1 amide bonds. The molecular weight excluding hydrogens is 300 g/mol. The minimum Gasteiger partial charge on any atom is -0.356 e. The molecule has 0 spiro atoms. The average Bonchev–Trinajstić information content (AvgIpc) is 2.49. The first kappa shape index (κ1) is 16.0. The van der Waals surface area contributed by atoms with Crippen LogP contribution < -0.4 is 10.0 Å². The molecule has 0 unspecified atom stereocenters. The minimum absolute atomic E-state index is 0.0627. The van der Waals surface area contributed by atoms with Crippen molar-refractivity contribution in [1.82, 2.24) is 5.32 Å². The smallest absolute Gasteiger partial charge is 0.261 e. The van der Waals surface area contributed by atoms with E-state index in [0.29, 0.717) is 18.7 Å². The molecule has 0 atom stereocenters. The summed E-state index contributed by atoms with van der Waals surface area (Å²) in [6, 6.07) is 15.3. The quantitative estimate of drug-likeness (QED) is 0.857. The highest BCUT2D eigenvalue weighted by Crippen LogP contribution is 2.16. The van der Waals surface area contributed by atoms with Crippen molar-refractivity contribution in [3.8, 4) is 0 Å². The fraction of sp³-hybridized carbons (Fsp3) is 0.188. The number of anilines is 1. The molecule has 0 fully saturated rings. The Labute approximate surface area is 130 Å². The van der Waals surface area contributed by atoms with E-state index in [-0.39, 0.29) is 10.8 Å². The van der Waals surface area contributed by atoms with Crippen molar-refractivity contribution in [1.29, 1.82) is 0 Å². The van der Waals surface area contributed by atoms with Crippen molar-refractivity contribution in [2.45, 2.75) is 18.2 Å². The predicted octanol–water partition coefficient (Wildman–Crippen LogP) is 2.17. The minimum atomic E-state index is -3.56. The van der Waals surface area contributed by atoms with Crippen LogP contribution in [-0.4, -0.2) is 20.9 Å². The van der Waals surface area contributed by atoms with Crippen molar-refractivity contribution < 1.29 is 13.2 Å². The lowest BCUT2D eigenvalue weighted by Gasteiger charge is -2.09. The second kappa shape index (κ2) is 7.09. The molecule has 2 aromatic rings. The van der Waals surface area contributed by atoms with Gasteiger partial charge in [-0.3, -0.25) is 9.52 Å². The number of benzene rings is 2. The highest BCUT2D eigenvalue weighted by molar-refractivity contribution is 7.92. The van der Waals surface area contributed by atoms with E-state index in [9.17, 15) is 13.2 Å². The Kier molecular flexibility index (Phi) is 5.16. The molecule has 2 rings (SSSR count). The molecule has 6 heteroatoms. The van der Waals surface area contributed by atoms with Gasteiger partial charge < -0.3 is 5.32 Å². The highest BCUT2D eigenvalue weighted by Gasteiger charge is 2.12. The molecule has 0 aliphatic heterocycles. The van der Waals surface area contributed by atoms with Crippen LogP contribution in [0.2, 0.25) is 0 Å². The molecule has 0 radical (unpaired) electrons. The SMILES string of the molecule is CC(=O)NCCc1ccc(NS(=O)(=O)c2ccccc2)cc1. The molecule has 5 nitrogen and oxygen atoms in total. The van der Waals surface area contributed by atoms with Crippen LogP contribution >= 0.6 is 0 Å². The van der Waals surface area contributed by atoms with Gasteiger partial charge in [-0.25, -0.2) is 8.42 Å². The van der Waals surface area contributed by atoms with E-state index in [1.165, 1.54) is 6.92 Å². The maximum absolute atomic E-state index is 12.2. The molecule has 0 aliphatic rings. The first-order valence-electron chi connectivity index (χ1n) is 6.88. The van der Waals surface area contributed by atoms with Crippen molar-refractivity contribution >= 4 is 21.6 Å². The normalized spacial score (nSPS) is 11.0. The van der Waals surface area contributed by atoms with Crippen LogP contribution in [0.5, 0.6) is 0 Å². The Hall–Kier alpha value is -2.34. The summed E-state index contributed by atoms with van der Waals surface area (Å²) in [4.78, 5) is 11.0. The summed E-state index contributed by atoms with van der Waals surface area (Å²) in [5.74, 6) is -0.0627. The molecule has 0 saturated carbocycles. The zero-order chi connectivity index (χ0) is 16.0. The summed E-state index contributed by atoms with van der Waals surface area (Å²) in [6.07, 6.45) is 0.700. The van der Waals surface area contributed by atoms with Gasteiger partial charge in [-0.15, -0.1) is 0 Å². The number of sulfonamides is 1. The van der Waals surface area contributed by atoms with Crippen LogP contribution in [0.15, 0.2) is 59.5 Å². The Morgan fingerprint density at radius 3 is 2.23 bits per heavy atom. The standard InChI is InChI=1S/C16H18N2O3S/c1-13(19)17-12-11-14-7-9-15(10-8-14)18-22(20,21)16-5-3-2-4-6-16/h2-10,18H,11-12H2,1H3,(H,17,19). The van der Waals surface area contributed by atoms with Crippen molar-refractivity contribution in [2.75, 3.05) is 11.3 Å². The molecule has 2 aromatic carbocycles. The van der Waals surface area contributed by atoms with E-state index in [4.69, 9.17) is 0 Å². The van der Waals surface area contributed by atoms with Gasteiger partial charge in [0.05, 0.1) is 4.90 Å². The molecule has 0 aliphatic carbocycles. The maximum Gasteiger partial charge on any atom is 0.261 e. The molecular formula is C16H18N2O3S. The van der Waals surface area contributed by atoms with E-state index in [1.807, 2.05) is 12.1 Å². The second-order valence-corrected chi connectivity index (χ2v) is 6.53. The summed E-state index contributed by atoms with van der Waals surface area (Å²) in [5.41, 5.74) is 1.53. The van der Waals surface area contributed by atoms with Gasteiger partial charge in [-0.05, 0) is 36.2 Å². The topological polar surface area (TPSA) is 75.3 Å². The average molecular weight is 318 g/mol. The first-order valence-corrected chi connectivity index (χ1v) is 8.37. The summed E-state index contributed by atoms with van der Waals surface area (Å²) < 4.78 is 26.9. The number of carbonyl (C=O) groups is 1. The van der Waals surface area contributed by atoms with Gasteiger partial charge in [0.1, 0.15) is 0 Å². The highest BCUT2D eigenvalue weighted by atomic mass is 32.2. The number of amides is 1. The molecule has 0 aromatic heterocycles. The lowest BCUT2D eigenvalue weighted by atomic mass is 10.1. The molecule has 22 heavy (non-hydrogen) atoms. The van der Waals surface area contributed by atoms with Crippen LogP contribution in [0.1, 0.15) is 12.5 Å². The van der Waals surface area contributed by atoms with Crippen molar-refractivity contribution in [2.24, 2.45) is 0 Å². The van der Waals surface area contributed by atoms with Gasteiger partial charge in [0, 0.05) is 19.2 Å². The Balaban J connectivity index is 2.01. The number of hydrogen-bond donors (Lipinski definition) is 2. The monoisotopic (exact) mass is 318 g/mol. The lowest BCUT2D eigenvalue weighted by Crippen LogP contribution is -2.22. The third kappa shape index (κ3) is 4.60. The molecule has 116 valence electrons. The predicted molar refractivity (Wildman–Crippen MR) is 86.1 cm³/mol. The zero-order valence-corrected chi connectivity index (χ0v) is 13.1. The largest absolute Gasteiger partial charge is 0.356 e. The lowest BCUT2D eigenvalue weighted by molar-refractivity contribution is -0.118. The zero-order valence-electron chi connectivity index (χ0n) is 12.2. The Morgan fingerprint density at radius 2 is 1.64 bits per heavy atom. The number of carbonyl (C=O) groups excluding carboxylic acids is 1. The van der Waals surface area contributed by atoms with Gasteiger partial charge >= 0.3 is 0 Å². The van der Waals surface area contributed by atoms with E-state index in [2.05, 4.69) is 10.0 Å². The number of rotatable bonds is 6. The first-order chi connectivity index (χ1) is 10.5. The fourth-order valence-electron chi connectivity index (χ4n) is 1.94. The van der Waals surface area contributed by atoms with Crippen LogP contribution in [0.3, 0.4) is 0 Å². The van der Waals surface area contributed by atoms with Crippen LogP contribution in [0.25, 0.3) is 0 Å². The Bertz CT molecular complexity index is 726. The van der Waals surface area contributed by atoms with E-state index >= 15 is 0 Å². The van der Waals surface area contributed by atoms with Crippen LogP contribution in [0.4, 0.5) is 5.69 Å². The van der Waals surface area contributed by atoms with Gasteiger partial charge in [-0.2, -0.15) is 0 Å². The summed E-state index contributed by atoms with van der Waals surface area (Å²) >= 11 is 0. The third-order valence-corrected chi connectivity index (χ3v) is 4.44. The van der Waals surface area contributed by atoms with Crippen molar-refractivity contribution in [3.05, 3.63) is 60.2 Å². The van der Waals surface area contributed by atoms with Crippen LogP contribution in [-0.2, 0) is 21.2 Å². The van der Waals surface area contributed by atoms with E-state index < -0.39 is 10.0 Å².